The van der Waals surface area contributed by atoms with Crippen molar-refractivity contribution in [1.82, 2.24) is 4.90 Å². The van der Waals surface area contributed by atoms with Gasteiger partial charge < -0.3 is 24.8 Å². The normalized spacial score (nSPS) is 20.0. The number of carbonyl (C=O) groups is 2. The van der Waals surface area contributed by atoms with Gasteiger partial charge in [0.1, 0.15) is 0 Å². The zero-order chi connectivity index (χ0) is 17.7. The number of nitrogens with zero attached hydrogens (tertiary/aromatic N) is 1. The molecule has 0 bridgehead atoms. The third-order valence-electron chi connectivity index (χ3n) is 4.34. The van der Waals surface area contributed by atoms with E-state index in [1.165, 1.54) is 0 Å². The zero-order valence-electron chi connectivity index (χ0n) is 14.3. The number of hydrogen-bond donors (Lipinski definition) is 1. The maximum atomic E-state index is 12.5. The van der Waals surface area contributed by atoms with Gasteiger partial charge in [0.25, 0.3) is 0 Å². The van der Waals surface area contributed by atoms with Crippen LogP contribution in [0, 0.1) is 11.8 Å². The van der Waals surface area contributed by atoms with Gasteiger partial charge in [-0.3, -0.25) is 9.59 Å². The number of methoxy groups -OCH3 is 3. The quantitative estimate of drug-likeness (QED) is 0.781. The Morgan fingerprint density at radius 3 is 2.46 bits per heavy atom. The van der Waals surface area contributed by atoms with Gasteiger partial charge in [-0.15, -0.1) is 0 Å². The average molecular weight is 336 g/mol. The van der Waals surface area contributed by atoms with Gasteiger partial charge >= 0.3 is 0 Å². The van der Waals surface area contributed by atoms with Crippen molar-refractivity contribution in [3.05, 3.63) is 23.8 Å². The molecule has 2 atom stereocenters. The molecule has 0 aromatic heterocycles. The molecule has 2 N–H and O–H groups in total. The van der Waals surface area contributed by atoms with Gasteiger partial charge in [-0.25, -0.2) is 0 Å². The molecule has 1 aliphatic rings. The summed E-state index contributed by atoms with van der Waals surface area (Å²) in [5.74, 6) is 0.340. The Balaban J connectivity index is 2.06. The zero-order valence-corrected chi connectivity index (χ0v) is 14.3. The largest absolute Gasteiger partial charge is 0.493 e. The predicted octanol–water partition coefficient (Wildman–Crippen LogP) is 0.453. The fraction of sp³-hybridized carbons (Fsp3) is 0.529. The minimum atomic E-state index is -0.390. The molecule has 7 nitrogen and oxygen atoms in total. The fourth-order valence-corrected chi connectivity index (χ4v) is 3.06. The van der Waals surface area contributed by atoms with Crippen LogP contribution in [0.5, 0.6) is 11.5 Å². The molecule has 0 spiro atoms. The molecule has 1 heterocycles. The van der Waals surface area contributed by atoms with Crippen LogP contribution in [-0.4, -0.2) is 57.7 Å². The van der Waals surface area contributed by atoms with E-state index in [0.717, 1.165) is 5.56 Å². The highest BCUT2D eigenvalue weighted by Gasteiger charge is 2.38. The van der Waals surface area contributed by atoms with Crippen LogP contribution in [0.1, 0.15) is 5.56 Å². The van der Waals surface area contributed by atoms with Gasteiger partial charge in [0, 0.05) is 26.1 Å². The third-order valence-corrected chi connectivity index (χ3v) is 4.34. The molecule has 2 rings (SSSR count). The summed E-state index contributed by atoms with van der Waals surface area (Å²) in [6.07, 6.45) is 0.228. The van der Waals surface area contributed by atoms with Crippen molar-refractivity contribution in [2.75, 3.05) is 41.0 Å². The average Bonchev–Trinajstić information content (AvgIpc) is 2.99. The van der Waals surface area contributed by atoms with Crippen LogP contribution >= 0.6 is 0 Å². The van der Waals surface area contributed by atoms with E-state index >= 15 is 0 Å². The van der Waals surface area contributed by atoms with E-state index in [4.69, 9.17) is 19.9 Å². The van der Waals surface area contributed by atoms with E-state index in [0.29, 0.717) is 31.2 Å². The maximum Gasteiger partial charge on any atom is 0.227 e. The molecule has 2 amide bonds. The molecule has 0 saturated carbocycles. The lowest BCUT2D eigenvalue weighted by atomic mass is 9.96. The fourth-order valence-electron chi connectivity index (χ4n) is 3.06. The topological polar surface area (TPSA) is 91.1 Å². The number of primary amides is 1. The summed E-state index contributed by atoms with van der Waals surface area (Å²) in [5.41, 5.74) is 6.26. The molecule has 0 unspecified atom stereocenters. The van der Waals surface area contributed by atoms with Gasteiger partial charge in [0.05, 0.1) is 33.2 Å². The standard InChI is InChI=1S/C17H24N2O5/c1-22-10-12-8-19(9-13(12)17(18)21)16(20)7-11-4-5-14(23-2)15(6-11)24-3/h4-6,12-13H,7-10H2,1-3H3,(H2,18,21)/t12-,13+/m0/s1. The van der Waals surface area contributed by atoms with Crippen molar-refractivity contribution in [2.24, 2.45) is 17.6 Å². The Kier molecular flexibility index (Phi) is 6.03. The van der Waals surface area contributed by atoms with Crippen LogP contribution in [0.3, 0.4) is 0 Å². The smallest absolute Gasteiger partial charge is 0.227 e. The monoisotopic (exact) mass is 336 g/mol. The van der Waals surface area contributed by atoms with E-state index in [1.54, 1.807) is 38.4 Å². The van der Waals surface area contributed by atoms with Crippen molar-refractivity contribution in [2.45, 2.75) is 6.42 Å². The molecule has 1 aromatic rings. The molecule has 24 heavy (non-hydrogen) atoms. The van der Waals surface area contributed by atoms with Crippen LogP contribution in [0.25, 0.3) is 0 Å². The lowest BCUT2D eigenvalue weighted by Gasteiger charge is -2.17. The first-order valence-corrected chi connectivity index (χ1v) is 7.77. The van der Waals surface area contributed by atoms with E-state index in [9.17, 15) is 9.59 Å². The van der Waals surface area contributed by atoms with Crippen LogP contribution in [-0.2, 0) is 20.7 Å². The number of amides is 2. The molecule has 1 saturated heterocycles. The number of ether oxygens (including phenoxy) is 3. The second-order valence-electron chi connectivity index (χ2n) is 5.89. The molecular weight excluding hydrogens is 312 g/mol. The van der Waals surface area contributed by atoms with Crippen LogP contribution in [0.15, 0.2) is 18.2 Å². The third kappa shape index (κ3) is 3.97. The highest BCUT2D eigenvalue weighted by Crippen LogP contribution is 2.29. The molecule has 0 aliphatic carbocycles. The van der Waals surface area contributed by atoms with Crippen molar-refractivity contribution in [3.63, 3.8) is 0 Å². The Hall–Kier alpha value is -2.28. The van der Waals surface area contributed by atoms with Crippen LogP contribution in [0.2, 0.25) is 0 Å². The molecule has 1 aliphatic heterocycles. The van der Waals surface area contributed by atoms with E-state index in [2.05, 4.69) is 0 Å². The number of hydrogen-bond acceptors (Lipinski definition) is 5. The summed E-state index contributed by atoms with van der Waals surface area (Å²) in [4.78, 5) is 25.8. The molecular formula is C17H24N2O5. The Morgan fingerprint density at radius 1 is 1.17 bits per heavy atom. The Labute approximate surface area is 141 Å². The number of benzene rings is 1. The summed E-state index contributed by atoms with van der Waals surface area (Å²) in [7, 11) is 4.69. The summed E-state index contributed by atoms with van der Waals surface area (Å²) < 4.78 is 15.6. The second kappa shape index (κ2) is 8.01. The minimum Gasteiger partial charge on any atom is -0.493 e. The van der Waals surface area contributed by atoms with Crippen molar-refractivity contribution in [3.8, 4) is 11.5 Å². The second-order valence-corrected chi connectivity index (χ2v) is 5.89. The number of carbonyl (C=O) groups excluding carboxylic acids is 2. The van der Waals surface area contributed by atoms with Gasteiger partial charge in [-0.2, -0.15) is 0 Å². The van der Waals surface area contributed by atoms with E-state index in [-0.39, 0.29) is 24.2 Å². The molecule has 0 radical (unpaired) electrons. The maximum absolute atomic E-state index is 12.5. The molecule has 7 heteroatoms. The summed E-state index contributed by atoms with van der Waals surface area (Å²) in [6.45, 7) is 1.23. The van der Waals surface area contributed by atoms with Crippen LogP contribution in [0.4, 0.5) is 0 Å². The van der Waals surface area contributed by atoms with Crippen LogP contribution < -0.4 is 15.2 Å². The van der Waals surface area contributed by atoms with E-state index in [1.807, 2.05) is 6.07 Å². The Morgan fingerprint density at radius 2 is 1.88 bits per heavy atom. The van der Waals surface area contributed by atoms with Crippen molar-refractivity contribution in [1.29, 1.82) is 0 Å². The first kappa shape index (κ1) is 18.1. The van der Waals surface area contributed by atoms with E-state index < -0.39 is 5.91 Å². The first-order chi connectivity index (χ1) is 11.5. The molecule has 132 valence electrons. The van der Waals surface area contributed by atoms with Crippen molar-refractivity contribution < 1.29 is 23.8 Å². The van der Waals surface area contributed by atoms with Gasteiger partial charge in [0.2, 0.25) is 11.8 Å². The first-order valence-electron chi connectivity index (χ1n) is 7.77. The lowest BCUT2D eigenvalue weighted by molar-refractivity contribution is -0.129. The molecule has 1 aromatic carbocycles. The van der Waals surface area contributed by atoms with Gasteiger partial charge in [-0.05, 0) is 17.7 Å². The predicted molar refractivity (Wildman–Crippen MR) is 87.9 cm³/mol. The Bertz CT molecular complexity index is 605. The summed E-state index contributed by atoms with van der Waals surface area (Å²) in [6, 6.07) is 5.38. The molecule has 1 fully saturated rings. The van der Waals surface area contributed by atoms with Gasteiger partial charge in [-0.1, -0.05) is 6.07 Å². The highest BCUT2D eigenvalue weighted by molar-refractivity contribution is 5.82. The number of rotatable bonds is 7. The minimum absolute atomic E-state index is 0.0490. The number of likely N-dealkylation sites (tertiary alicyclic amines) is 1. The SMILES string of the molecule is COC[C@@H]1CN(C(=O)Cc2ccc(OC)c(OC)c2)C[C@H]1C(N)=O. The van der Waals surface area contributed by atoms with Crippen molar-refractivity contribution >= 4 is 11.8 Å². The summed E-state index contributed by atoms with van der Waals surface area (Å²) >= 11 is 0. The van der Waals surface area contributed by atoms with Gasteiger partial charge in [0.15, 0.2) is 11.5 Å². The summed E-state index contributed by atoms with van der Waals surface area (Å²) in [5, 5.41) is 0. The number of nitrogens with two attached hydrogens (primary N) is 1. The highest BCUT2D eigenvalue weighted by atomic mass is 16.5. The lowest BCUT2D eigenvalue weighted by Crippen LogP contribution is -2.33.